The van der Waals surface area contributed by atoms with Crippen LogP contribution in [0.15, 0.2) is 36.5 Å². The van der Waals surface area contributed by atoms with E-state index >= 15 is 4.39 Å². The molecule has 0 atom stereocenters. The molecule has 2 aromatic rings. The van der Waals surface area contributed by atoms with Gasteiger partial charge in [-0.1, -0.05) is 0 Å². The van der Waals surface area contributed by atoms with E-state index < -0.39 is 23.8 Å². The monoisotopic (exact) mass is 562 g/mol. The summed E-state index contributed by atoms with van der Waals surface area (Å²) in [5.74, 6) is -0.221. The second kappa shape index (κ2) is 12.9. The van der Waals surface area contributed by atoms with Gasteiger partial charge in [0.05, 0.1) is 0 Å². The number of hydrogen-bond donors (Lipinski definition) is 1. The van der Waals surface area contributed by atoms with Crippen molar-refractivity contribution in [1.82, 2.24) is 4.98 Å². The number of rotatable bonds is 12. The quantitative estimate of drug-likeness (QED) is 0.268. The van der Waals surface area contributed by atoms with Gasteiger partial charge in [-0.2, -0.15) is 0 Å². The number of para-hydroxylation sites is 1. The molecule has 1 amide bonds. The molecule has 0 spiro atoms. The Bertz CT molecular complexity index is 885. The number of hydrogen-bond acceptors (Lipinski definition) is 2. The Morgan fingerprint density at radius 1 is 0.909 bits per heavy atom. The first-order valence-electron chi connectivity index (χ1n) is 12.8. The van der Waals surface area contributed by atoms with Gasteiger partial charge < -0.3 is 0 Å². The molecule has 182 valence electrons. The van der Waals surface area contributed by atoms with Crippen molar-refractivity contribution >= 4 is 33.7 Å². The van der Waals surface area contributed by atoms with Crippen LogP contribution in [0.5, 0.6) is 0 Å². The summed E-state index contributed by atoms with van der Waals surface area (Å²) in [7, 11) is 0. The van der Waals surface area contributed by atoms with E-state index in [4.69, 9.17) is 4.98 Å². The minimum absolute atomic E-state index is 0.0769. The molecular formula is C28H43FN2OSn. The summed E-state index contributed by atoms with van der Waals surface area (Å²) in [5.41, 5.74) is 1.43. The summed E-state index contributed by atoms with van der Waals surface area (Å²) in [6.07, 6.45) is 8.69. The molecule has 0 unspecified atom stereocenters. The van der Waals surface area contributed by atoms with Crippen molar-refractivity contribution in [3.05, 3.63) is 42.3 Å². The molecule has 1 aromatic heterocycles. The van der Waals surface area contributed by atoms with Crippen LogP contribution in [0.1, 0.15) is 80.1 Å². The van der Waals surface area contributed by atoms with Crippen molar-refractivity contribution < 1.29 is 9.18 Å². The van der Waals surface area contributed by atoms with Crippen LogP contribution in [-0.4, -0.2) is 29.3 Å². The van der Waals surface area contributed by atoms with E-state index in [0.29, 0.717) is 11.3 Å². The zero-order valence-electron chi connectivity index (χ0n) is 21.6. The first-order valence-corrected chi connectivity index (χ1v) is 20.2. The van der Waals surface area contributed by atoms with Crippen LogP contribution in [0.25, 0.3) is 11.1 Å². The normalized spacial score (nSPS) is 12.1. The molecule has 0 fully saturated rings. The molecule has 1 aromatic carbocycles. The van der Waals surface area contributed by atoms with Crippen molar-refractivity contribution in [2.24, 2.45) is 5.41 Å². The third-order valence-electron chi connectivity index (χ3n) is 6.56. The molecule has 0 bridgehead atoms. The Morgan fingerprint density at radius 3 is 1.97 bits per heavy atom. The summed E-state index contributed by atoms with van der Waals surface area (Å²) in [6, 6.07) is 9.33. The summed E-state index contributed by atoms with van der Waals surface area (Å²) in [4.78, 5) is 17.4. The van der Waals surface area contributed by atoms with E-state index in [1.54, 1.807) is 12.3 Å². The van der Waals surface area contributed by atoms with E-state index in [0.717, 1.165) is 47.8 Å². The fraction of sp³-hybridized carbons (Fsp3) is 0.571. The zero-order valence-corrected chi connectivity index (χ0v) is 24.4. The molecule has 0 aliphatic heterocycles. The van der Waals surface area contributed by atoms with E-state index in [9.17, 15) is 4.79 Å². The van der Waals surface area contributed by atoms with Crippen LogP contribution in [0.2, 0.25) is 13.3 Å². The number of nitrogens with one attached hydrogen (secondary N) is 1. The van der Waals surface area contributed by atoms with Gasteiger partial charge in [-0.15, -0.1) is 0 Å². The molecule has 0 aliphatic carbocycles. The molecule has 1 N–H and O–H groups in total. The van der Waals surface area contributed by atoms with E-state index in [1.165, 1.54) is 13.3 Å². The minimum atomic E-state index is -3.04. The van der Waals surface area contributed by atoms with E-state index in [1.807, 2.05) is 45.0 Å². The molecule has 33 heavy (non-hydrogen) atoms. The fourth-order valence-corrected chi connectivity index (χ4v) is 20.1. The van der Waals surface area contributed by atoms with Gasteiger partial charge in [-0.05, 0) is 0 Å². The predicted molar refractivity (Wildman–Crippen MR) is 142 cm³/mol. The molecule has 0 saturated heterocycles. The van der Waals surface area contributed by atoms with E-state index in [-0.39, 0.29) is 11.7 Å². The summed E-state index contributed by atoms with van der Waals surface area (Å²) >= 11 is -3.04. The number of aromatic nitrogens is 1. The molecule has 0 aliphatic rings. The van der Waals surface area contributed by atoms with Crippen LogP contribution in [-0.2, 0) is 4.79 Å². The number of pyridine rings is 1. The summed E-state index contributed by atoms with van der Waals surface area (Å²) in [5, 5.41) is 3.03. The van der Waals surface area contributed by atoms with Gasteiger partial charge in [0, 0.05) is 0 Å². The zero-order chi connectivity index (χ0) is 24.5. The molecule has 0 saturated carbocycles. The predicted octanol–water partition coefficient (Wildman–Crippen LogP) is 7.93. The van der Waals surface area contributed by atoms with E-state index in [2.05, 4.69) is 26.1 Å². The Labute approximate surface area is 204 Å². The number of carbonyl (C=O) groups excluding carboxylic acids is 1. The van der Waals surface area contributed by atoms with Crippen molar-refractivity contribution in [2.45, 2.75) is 93.4 Å². The number of halogens is 1. The average molecular weight is 561 g/mol. The number of carbonyl (C=O) groups is 1. The van der Waals surface area contributed by atoms with Crippen molar-refractivity contribution in [2.75, 3.05) is 5.32 Å². The third kappa shape index (κ3) is 7.27. The topological polar surface area (TPSA) is 42.0 Å². The van der Waals surface area contributed by atoms with Crippen LogP contribution in [0.3, 0.4) is 0 Å². The summed E-state index contributed by atoms with van der Waals surface area (Å²) in [6.45, 7) is 12.3. The van der Waals surface area contributed by atoms with Gasteiger partial charge in [-0.3, -0.25) is 0 Å². The number of unbranched alkanes of at least 4 members (excludes halogenated alkanes) is 3. The molecule has 5 heteroatoms. The Morgan fingerprint density at radius 2 is 1.45 bits per heavy atom. The number of amides is 1. The van der Waals surface area contributed by atoms with Crippen molar-refractivity contribution in [3.8, 4) is 11.1 Å². The molecule has 3 nitrogen and oxygen atoms in total. The molecule has 0 radical (unpaired) electrons. The Kier molecular flexibility index (Phi) is 10.8. The van der Waals surface area contributed by atoms with Gasteiger partial charge in [0.2, 0.25) is 0 Å². The van der Waals surface area contributed by atoms with Crippen LogP contribution < -0.4 is 9.03 Å². The molecule has 2 rings (SSSR count). The SMILES string of the molecule is CCC[CH2][Sn]([CH2]CCC)([CH2]CCC)[c]1nccc(-c2ccccc2NC(=O)C(C)(C)C)c1F. The number of anilines is 1. The standard InChI is InChI=1S/C16H16FN2O.3C4H9.Sn/c1-16(2,3)15(20)19-14-7-5-4-6-12(14)11-8-9-18-10-13(11)17;3*1-3-4-2;/h4-9H,1-3H3,(H,19,20);3*1,3-4H2,2H3;. The van der Waals surface area contributed by atoms with Crippen molar-refractivity contribution in [3.63, 3.8) is 0 Å². The first kappa shape index (κ1) is 27.8. The number of nitrogens with zero attached hydrogens (tertiary/aromatic N) is 1. The maximum absolute atomic E-state index is 16.4. The second-order valence-electron chi connectivity index (χ2n) is 10.4. The van der Waals surface area contributed by atoms with Gasteiger partial charge >= 0.3 is 205 Å². The van der Waals surface area contributed by atoms with Gasteiger partial charge in [0.25, 0.3) is 0 Å². The van der Waals surface area contributed by atoms with Gasteiger partial charge in [-0.25, -0.2) is 0 Å². The molecule has 1 heterocycles. The fourth-order valence-electron chi connectivity index (χ4n) is 4.43. The third-order valence-corrected chi connectivity index (χ3v) is 21.6. The van der Waals surface area contributed by atoms with Gasteiger partial charge in [0.1, 0.15) is 0 Å². The molecular weight excluding hydrogens is 518 g/mol. The van der Waals surface area contributed by atoms with Crippen LogP contribution in [0, 0.1) is 11.2 Å². The van der Waals surface area contributed by atoms with Gasteiger partial charge in [0.15, 0.2) is 0 Å². The Balaban J connectivity index is 2.60. The van der Waals surface area contributed by atoms with Crippen LogP contribution >= 0.6 is 0 Å². The first-order chi connectivity index (χ1) is 15.7. The Hall–Kier alpha value is -1.43. The van der Waals surface area contributed by atoms with Crippen molar-refractivity contribution in [1.29, 1.82) is 0 Å². The maximum atomic E-state index is 16.4. The second-order valence-corrected chi connectivity index (χ2v) is 23.3. The number of benzene rings is 1. The average Bonchev–Trinajstić information content (AvgIpc) is 2.79. The van der Waals surface area contributed by atoms with Crippen LogP contribution in [0.4, 0.5) is 10.1 Å². The summed E-state index contributed by atoms with van der Waals surface area (Å²) < 4.78 is 20.7.